The Balaban J connectivity index is 0.713. The van der Waals surface area contributed by atoms with Gasteiger partial charge in [-0.1, -0.05) is 18.2 Å². The molecule has 0 aliphatic carbocycles. The molecular formula is C45H49N11O6. The number of anilines is 4. The molecule has 10 rings (SSSR count). The number of nitrogens with zero attached hydrogens (tertiary/aromatic N) is 9. The van der Waals surface area contributed by atoms with Gasteiger partial charge in [-0.15, -0.1) is 10.2 Å². The molecule has 17 heteroatoms. The lowest BCUT2D eigenvalue weighted by molar-refractivity contribution is -0.138. The van der Waals surface area contributed by atoms with Crippen LogP contribution in [0.5, 0.6) is 5.75 Å². The molecule has 0 spiro atoms. The van der Waals surface area contributed by atoms with Gasteiger partial charge in [0.1, 0.15) is 17.6 Å². The molecule has 0 radical (unpaired) electrons. The molecule has 6 aliphatic rings. The highest BCUT2D eigenvalue weighted by atomic mass is 16.3. The molecule has 320 valence electrons. The van der Waals surface area contributed by atoms with Crippen molar-refractivity contribution in [1.29, 1.82) is 0 Å². The van der Waals surface area contributed by atoms with Crippen LogP contribution in [0, 0.1) is 5.92 Å². The second-order valence-corrected chi connectivity index (χ2v) is 17.2. The molecule has 5 saturated heterocycles. The van der Waals surface area contributed by atoms with E-state index in [9.17, 15) is 29.1 Å². The van der Waals surface area contributed by atoms with Gasteiger partial charge in [0, 0.05) is 94.6 Å². The van der Waals surface area contributed by atoms with E-state index in [-0.39, 0.29) is 53.6 Å². The molecule has 62 heavy (non-hydrogen) atoms. The summed E-state index contributed by atoms with van der Waals surface area (Å²) in [5.74, 6) is -0.472. The quantitative estimate of drug-likeness (QED) is 0.219. The third kappa shape index (κ3) is 7.22. The number of pyridine rings is 1. The molecule has 17 nitrogen and oxygen atoms in total. The number of imide groups is 2. The van der Waals surface area contributed by atoms with E-state index >= 15 is 0 Å². The number of aromatic nitrogens is 3. The average molecular weight is 840 g/mol. The van der Waals surface area contributed by atoms with E-state index in [2.05, 4.69) is 53.3 Å². The zero-order chi connectivity index (χ0) is 42.6. The molecule has 4 N–H and O–H groups in total. The number of nitrogens with two attached hydrogens (primary N) is 1. The Morgan fingerprint density at radius 3 is 2.24 bits per heavy atom. The van der Waals surface area contributed by atoms with Gasteiger partial charge in [-0.2, -0.15) is 0 Å². The Morgan fingerprint density at radius 1 is 0.758 bits per heavy atom. The fourth-order valence-electron chi connectivity index (χ4n) is 10.3. The van der Waals surface area contributed by atoms with Gasteiger partial charge in [0.05, 0.1) is 28.2 Å². The topological polar surface area (TPSA) is 202 Å². The number of hydrogen-bond acceptors (Lipinski definition) is 14. The number of carbonyl (C=O) groups is 5. The molecule has 5 fully saturated rings. The zero-order valence-corrected chi connectivity index (χ0v) is 34.4. The van der Waals surface area contributed by atoms with Crippen LogP contribution < -0.4 is 25.8 Å². The number of phenols is 1. The van der Waals surface area contributed by atoms with Crippen molar-refractivity contribution in [3.8, 4) is 17.0 Å². The number of benzene rings is 2. The first kappa shape index (κ1) is 39.5. The maximum Gasteiger partial charge on any atom is 0.262 e. The van der Waals surface area contributed by atoms with Crippen LogP contribution in [0.4, 0.5) is 23.0 Å². The Morgan fingerprint density at radius 2 is 1.50 bits per heavy atom. The van der Waals surface area contributed by atoms with Crippen LogP contribution in [0.15, 0.2) is 66.7 Å². The molecule has 6 aliphatic heterocycles. The lowest BCUT2D eigenvalue weighted by Gasteiger charge is -2.43. The van der Waals surface area contributed by atoms with Gasteiger partial charge in [-0.3, -0.25) is 39.1 Å². The number of amides is 5. The van der Waals surface area contributed by atoms with Crippen molar-refractivity contribution in [3.05, 3.63) is 83.6 Å². The van der Waals surface area contributed by atoms with Crippen molar-refractivity contribution in [2.75, 3.05) is 72.8 Å². The molecule has 3 atom stereocenters. The predicted octanol–water partition coefficient (Wildman–Crippen LogP) is 2.65. The van der Waals surface area contributed by atoms with Gasteiger partial charge in [-0.05, 0) is 80.6 Å². The van der Waals surface area contributed by atoms with Crippen molar-refractivity contribution in [1.82, 2.24) is 35.2 Å². The summed E-state index contributed by atoms with van der Waals surface area (Å²) in [6.45, 7) is 6.39. The number of nitrogen functional groups attached to an aromatic ring is 1. The van der Waals surface area contributed by atoms with Crippen LogP contribution in [-0.2, 0) is 20.9 Å². The second-order valence-electron chi connectivity index (χ2n) is 17.2. The van der Waals surface area contributed by atoms with E-state index in [1.54, 1.807) is 24.3 Å². The maximum atomic E-state index is 13.7. The Labute approximate surface area is 358 Å². The Bertz CT molecular complexity index is 2450. The van der Waals surface area contributed by atoms with Gasteiger partial charge in [0.25, 0.3) is 11.8 Å². The second kappa shape index (κ2) is 16.0. The number of piperazine rings is 2. The van der Waals surface area contributed by atoms with Crippen molar-refractivity contribution >= 4 is 52.5 Å². The molecular weight excluding hydrogens is 791 g/mol. The summed E-state index contributed by atoms with van der Waals surface area (Å²) in [6, 6.07) is 20.0. The number of hydrogen-bond donors (Lipinski definition) is 3. The lowest BCUT2D eigenvalue weighted by Crippen LogP contribution is -2.54. The summed E-state index contributed by atoms with van der Waals surface area (Å²) < 4.78 is 0. The van der Waals surface area contributed by atoms with Crippen LogP contribution >= 0.6 is 0 Å². The van der Waals surface area contributed by atoms with E-state index in [0.29, 0.717) is 62.6 Å². The number of fused-ring (bicyclic) bond motifs is 3. The van der Waals surface area contributed by atoms with Crippen molar-refractivity contribution in [2.45, 2.75) is 63.2 Å². The minimum Gasteiger partial charge on any atom is -0.507 e. The smallest absolute Gasteiger partial charge is 0.262 e. The number of nitrogens with one attached hydrogen (secondary N) is 1. The summed E-state index contributed by atoms with van der Waals surface area (Å²) >= 11 is 0. The zero-order valence-electron chi connectivity index (χ0n) is 34.4. The summed E-state index contributed by atoms with van der Waals surface area (Å²) in [5.41, 5.74) is 10.7. The molecule has 8 heterocycles. The number of aromatic hydroxyl groups is 1. The molecule has 2 aromatic heterocycles. The van der Waals surface area contributed by atoms with Gasteiger partial charge in [0.2, 0.25) is 17.7 Å². The first-order valence-electron chi connectivity index (χ1n) is 21.6. The van der Waals surface area contributed by atoms with Crippen LogP contribution in [-0.4, -0.2) is 135 Å². The fraction of sp³-hybridized carbons (Fsp3) is 0.422. The van der Waals surface area contributed by atoms with E-state index in [1.165, 1.54) is 0 Å². The van der Waals surface area contributed by atoms with Crippen molar-refractivity contribution < 1.29 is 29.1 Å². The largest absolute Gasteiger partial charge is 0.507 e. The number of rotatable bonds is 8. The summed E-state index contributed by atoms with van der Waals surface area (Å²) in [6.07, 6.45) is 3.66. The molecule has 5 amide bonds. The van der Waals surface area contributed by atoms with Gasteiger partial charge in [-0.25, -0.2) is 4.98 Å². The minimum absolute atomic E-state index is 0.0710. The Kier molecular flexibility index (Phi) is 10.2. The first-order valence-corrected chi connectivity index (χ1v) is 21.6. The number of piperidine rings is 2. The SMILES string of the molecule is Nc1nnc(-c2ccccc2O)cc1N1CC2CCC(C1)N2c1cccc(CN2CCN(C(=O)C3CCN(c4ccc5c(c4)C(=O)N(C4CCC(=O)NC4=O)C5=O)CC3)CC2)n1. The van der Waals surface area contributed by atoms with Gasteiger partial charge < -0.3 is 30.4 Å². The van der Waals surface area contributed by atoms with Crippen molar-refractivity contribution in [3.63, 3.8) is 0 Å². The standard InChI is InChI=1S/C45H49N11O6/c46-41-37(23-35(49-50-41)33-5-1-2-6-38(33)57)54-25-30-8-9-31(26-54)55(30)39-7-3-4-28(47-39)24-51-18-20-53(21-19-51)43(60)27-14-16-52(17-15-27)29-10-11-32-34(22-29)45(62)56(44(32)61)36-12-13-40(58)48-42(36)59/h1-7,10-11,22-23,27,30-31,36,57H,8-9,12-21,24-26H2,(H2,46,50)(H,48,58,59). The van der Waals surface area contributed by atoms with Crippen molar-refractivity contribution in [2.24, 2.45) is 5.92 Å². The summed E-state index contributed by atoms with van der Waals surface area (Å²) in [4.78, 5) is 81.8. The summed E-state index contributed by atoms with van der Waals surface area (Å²) in [5, 5.41) is 21.2. The number of para-hydroxylation sites is 1. The molecule has 0 saturated carbocycles. The highest BCUT2D eigenvalue weighted by Crippen LogP contribution is 2.39. The van der Waals surface area contributed by atoms with Crippen LogP contribution in [0.1, 0.15) is 64.9 Å². The maximum absolute atomic E-state index is 13.7. The average Bonchev–Trinajstić information content (AvgIpc) is 3.70. The fourth-order valence-corrected chi connectivity index (χ4v) is 10.3. The van der Waals surface area contributed by atoms with Crippen LogP contribution in [0.25, 0.3) is 11.3 Å². The van der Waals surface area contributed by atoms with E-state index in [0.717, 1.165) is 66.8 Å². The monoisotopic (exact) mass is 839 g/mol. The Hall–Kier alpha value is -6.62. The van der Waals surface area contributed by atoms with E-state index < -0.39 is 29.7 Å². The van der Waals surface area contributed by atoms with Gasteiger partial charge in [0.15, 0.2) is 5.82 Å². The first-order chi connectivity index (χ1) is 30.1. The normalized spacial score (nSPS) is 23.3. The predicted molar refractivity (Wildman–Crippen MR) is 229 cm³/mol. The van der Waals surface area contributed by atoms with Crippen LogP contribution in [0.2, 0.25) is 0 Å². The number of carbonyl (C=O) groups excluding carboxylic acids is 5. The highest BCUT2D eigenvalue weighted by molar-refractivity contribution is 6.23. The molecule has 4 aromatic rings. The highest BCUT2D eigenvalue weighted by Gasteiger charge is 2.45. The number of phenolic OH excluding ortho intramolecular Hbond substituents is 1. The summed E-state index contributed by atoms with van der Waals surface area (Å²) in [7, 11) is 0. The minimum atomic E-state index is -1.00. The third-order valence-corrected chi connectivity index (χ3v) is 13.6. The lowest BCUT2D eigenvalue weighted by atomic mass is 9.94. The third-order valence-electron chi connectivity index (χ3n) is 13.6. The molecule has 2 bridgehead atoms. The van der Waals surface area contributed by atoms with Crippen LogP contribution in [0.3, 0.4) is 0 Å². The van der Waals surface area contributed by atoms with Gasteiger partial charge >= 0.3 is 0 Å². The molecule has 3 unspecified atom stereocenters. The van der Waals surface area contributed by atoms with E-state index in [1.807, 2.05) is 29.2 Å². The molecule has 2 aromatic carbocycles. The van der Waals surface area contributed by atoms with E-state index in [4.69, 9.17) is 10.7 Å².